The molecule has 0 saturated heterocycles. The van der Waals surface area contributed by atoms with E-state index in [1.807, 2.05) is 31.2 Å². The van der Waals surface area contributed by atoms with Crippen LogP contribution in [0.3, 0.4) is 0 Å². The molecule has 0 aliphatic heterocycles. The Morgan fingerprint density at radius 1 is 1.20 bits per heavy atom. The van der Waals surface area contributed by atoms with Gasteiger partial charge in [-0.3, -0.25) is 15.2 Å². The van der Waals surface area contributed by atoms with Crippen LogP contribution in [0.2, 0.25) is 0 Å². The number of nitrogens with one attached hydrogen (secondary N) is 1. The number of non-ortho nitro benzene ring substituents is 1. The molecule has 0 amide bonds. The van der Waals surface area contributed by atoms with E-state index in [0.29, 0.717) is 17.4 Å². The zero-order valence-electron chi connectivity index (χ0n) is 13.5. The Morgan fingerprint density at radius 2 is 1.88 bits per heavy atom. The number of nitro benzene ring substituents is 1. The van der Waals surface area contributed by atoms with Crippen molar-refractivity contribution in [3.63, 3.8) is 0 Å². The van der Waals surface area contributed by atoms with Crippen molar-refractivity contribution in [1.82, 2.24) is 15.2 Å². The van der Waals surface area contributed by atoms with Crippen LogP contribution in [-0.2, 0) is 6.61 Å². The molecule has 1 heterocycles. The van der Waals surface area contributed by atoms with Crippen LogP contribution >= 0.6 is 0 Å². The van der Waals surface area contributed by atoms with E-state index in [4.69, 9.17) is 10.5 Å². The minimum absolute atomic E-state index is 0.0124. The largest absolute Gasteiger partial charge is 0.486 e. The third-order valence-electron chi connectivity index (χ3n) is 3.69. The molecule has 3 aromatic rings. The molecule has 128 valence electrons. The molecule has 8 nitrogen and oxygen atoms in total. The molecule has 0 bridgehead atoms. The summed E-state index contributed by atoms with van der Waals surface area (Å²) in [5.74, 6) is 1.51. The second-order valence-electron chi connectivity index (χ2n) is 5.57. The van der Waals surface area contributed by atoms with Gasteiger partial charge in [0.05, 0.1) is 11.0 Å². The lowest BCUT2D eigenvalue weighted by Gasteiger charge is -2.08. The summed E-state index contributed by atoms with van der Waals surface area (Å²) in [6.45, 7) is 2.17. The second kappa shape index (κ2) is 7.10. The molecule has 0 radical (unpaired) electrons. The standard InChI is InChI=1S/C17H17N5O3/c1-11-2-4-12(5-3-11)16(18)17-19-15(20-21-17)10-25-14-8-6-13(7-9-14)22(23)24/h2-9,16H,10,18H2,1H3,(H,19,20,21). The molecule has 0 fully saturated rings. The Balaban J connectivity index is 1.63. The topological polar surface area (TPSA) is 120 Å². The van der Waals surface area contributed by atoms with Crippen LogP contribution in [0.25, 0.3) is 0 Å². The maximum absolute atomic E-state index is 10.6. The van der Waals surface area contributed by atoms with Gasteiger partial charge in [-0.1, -0.05) is 29.8 Å². The van der Waals surface area contributed by atoms with Crippen molar-refractivity contribution in [1.29, 1.82) is 0 Å². The molecule has 8 heteroatoms. The summed E-state index contributed by atoms with van der Waals surface area (Å²) in [4.78, 5) is 14.5. The minimum Gasteiger partial charge on any atom is -0.486 e. The number of nitrogens with two attached hydrogens (primary N) is 1. The molecule has 1 aromatic heterocycles. The lowest BCUT2D eigenvalue weighted by Crippen LogP contribution is -2.13. The van der Waals surface area contributed by atoms with E-state index in [2.05, 4.69) is 15.2 Å². The number of H-pyrrole nitrogens is 1. The smallest absolute Gasteiger partial charge is 0.269 e. The van der Waals surface area contributed by atoms with Crippen LogP contribution in [0, 0.1) is 17.0 Å². The number of aromatic amines is 1. The van der Waals surface area contributed by atoms with Gasteiger partial charge in [-0.15, -0.1) is 0 Å². The minimum atomic E-state index is -0.459. The molecule has 0 aliphatic rings. The van der Waals surface area contributed by atoms with Gasteiger partial charge in [0, 0.05) is 12.1 Å². The van der Waals surface area contributed by atoms with Crippen molar-refractivity contribution >= 4 is 5.69 Å². The fourth-order valence-electron chi connectivity index (χ4n) is 2.25. The van der Waals surface area contributed by atoms with E-state index in [9.17, 15) is 10.1 Å². The van der Waals surface area contributed by atoms with Crippen LogP contribution in [-0.4, -0.2) is 20.1 Å². The highest BCUT2D eigenvalue weighted by molar-refractivity contribution is 5.36. The Kier molecular flexibility index (Phi) is 4.71. The number of rotatable bonds is 6. The highest BCUT2D eigenvalue weighted by Gasteiger charge is 2.14. The summed E-state index contributed by atoms with van der Waals surface area (Å²) in [6.07, 6.45) is 0. The molecule has 3 N–H and O–H groups in total. The third kappa shape index (κ3) is 3.99. The maximum atomic E-state index is 10.6. The molecular formula is C17H17N5O3. The first-order chi connectivity index (χ1) is 12.0. The predicted octanol–water partition coefficient (Wildman–Crippen LogP) is 2.65. The van der Waals surface area contributed by atoms with Crippen molar-refractivity contribution in [2.24, 2.45) is 5.73 Å². The van der Waals surface area contributed by atoms with E-state index in [0.717, 1.165) is 11.1 Å². The number of ether oxygens (including phenoxy) is 1. The van der Waals surface area contributed by atoms with Crippen molar-refractivity contribution in [3.8, 4) is 5.75 Å². The van der Waals surface area contributed by atoms with Gasteiger partial charge >= 0.3 is 0 Å². The number of benzene rings is 2. The molecule has 0 aliphatic carbocycles. The number of hydrogen-bond acceptors (Lipinski definition) is 6. The fourth-order valence-corrected chi connectivity index (χ4v) is 2.25. The first-order valence-corrected chi connectivity index (χ1v) is 7.63. The highest BCUT2D eigenvalue weighted by atomic mass is 16.6. The summed E-state index contributed by atoms with van der Waals surface area (Å²) < 4.78 is 5.54. The van der Waals surface area contributed by atoms with E-state index in [1.54, 1.807) is 0 Å². The Morgan fingerprint density at radius 3 is 2.52 bits per heavy atom. The number of hydrogen-bond donors (Lipinski definition) is 2. The van der Waals surface area contributed by atoms with Crippen LogP contribution in [0.15, 0.2) is 48.5 Å². The van der Waals surface area contributed by atoms with Crippen LogP contribution in [0.5, 0.6) is 5.75 Å². The molecule has 2 aromatic carbocycles. The summed E-state index contributed by atoms with van der Waals surface area (Å²) in [5, 5.41) is 17.6. The Hall–Kier alpha value is -3.26. The summed E-state index contributed by atoms with van der Waals surface area (Å²) in [7, 11) is 0. The van der Waals surface area contributed by atoms with Gasteiger partial charge < -0.3 is 10.5 Å². The van der Waals surface area contributed by atoms with Gasteiger partial charge in [0.15, 0.2) is 11.6 Å². The SMILES string of the molecule is Cc1ccc(C(N)c2n[nH]c(COc3ccc([N+](=O)[O-])cc3)n2)cc1. The van der Waals surface area contributed by atoms with Gasteiger partial charge in [0.25, 0.3) is 5.69 Å². The van der Waals surface area contributed by atoms with E-state index in [1.165, 1.54) is 24.3 Å². The fraction of sp³-hybridized carbons (Fsp3) is 0.176. The lowest BCUT2D eigenvalue weighted by molar-refractivity contribution is -0.384. The quantitative estimate of drug-likeness (QED) is 0.526. The Labute approximate surface area is 143 Å². The molecule has 25 heavy (non-hydrogen) atoms. The van der Waals surface area contributed by atoms with Crippen molar-refractivity contribution < 1.29 is 9.66 Å². The first kappa shape index (κ1) is 16.6. The van der Waals surface area contributed by atoms with Crippen molar-refractivity contribution in [2.75, 3.05) is 0 Å². The zero-order chi connectivity index (χ0) is 17.8. The normalized spacial score (nSPS) is 11.9. The average Bonchev–Trinajstić information content (AvgIpc) is 3.09. The summed E-state index contributed by atoms with van der Waals surface area (Å²) >= 11 is 0. The van der Waals surface area contributed by atoms with Gasteiger partial charge in [0.2, 0.25) is 0 Å². The number of nitrogens with zero attached hydrogens (tertiary/aromatic N) is 3. The van der Waals surface area contributed by atoms with Crippen LogP contribution in [0.4, 0.5) is 5.69 Å². The summed E-state index contributed by atoms with van der Waals surface area (Å²) in [6, 6.07) is 13.3. The van der Waals surface area contributed by atoms with Gasteiger partial charge in [-0.2, -0.15) is 5.10 Å². The van der Waals surface area contributed by atoms with E-state index >= 15 is 0 Å². The van der Waals surface area contributed by atoms with Gasteiger partial charge in [-0.05, 0) is 24.6 Å². The molecule has 0 spiro atoms. The molecule has 3 rings (SSSR count). The lowest BCUT2D eigenvalue weighted by atomic mass is 10.1. The molecular weight excluding hydrogens is 322 g/mol. The number of aryl methyl sites for hydroxylation is 1. The van der Waals surface area contributed by atoms with Crippen molar-refractivity contribution in [3.05, 3.63) is 81.4 Å². The first-order valence-electron chi connectivity index (χ1n) is 7.63. The predicted molar refractivity (Wildman–Crippen MR) is 91.0 cm³/mol. The molecule has 1 unspecified atom stereocenters. The highest BCUT2D eigenvalue weighted by Crippen LogP contribution is 2.19. The van der Waals surface area contributed by atoms with E-state index < -0.39 is 11.0 Å². The van der Waals surface area contributed by atoms with Gasteiger partial charge in [0.1, 0.15) is 12.4 Å². The van der Waals surface area contributed by atoms with E-state index in [-0.39, 0.29) is 12.3 Å². The number of nitro groups is 1. The third-order valence-corrected chi connectivity index (χ3v) is 3.69. The molecule has 1 atom stereocenters. The van der Waals surface area contributed by atoms with Crippen LogP contribution in [0.1, 0.15) is 28.8 Å². The summed E-state index contributed by atoms with van der Waals surface area (Å²) in [5.41, 5.74) is 8.27. The number of aromatic nitrogens is 3. The Bertz CT molecular complexity index is 859. The second-order valence-corrected chi connectivity index (χ2v) is 5.57. The average molecular weight is 339 g/mol. The molecule has 0 saturated carbocycles. The maximum Gasteiger partial charge on any atom is 0.269 e. The van der Waals surface area contributed by atoms with Crippen molar-refractivity contribution in [2.45, 2.75) is 19.6 Å². The van der Waals surface area contributed by atoms with Gasteiger partial charge in [-0.25, -0.2) is 4.98 Å². The van der Waals surface area contributed by atoms with Crippen LogP contribution < -0.4 is 10.5 Å². The zero-order valence-corrected chi connectivity index (χ0v) is 13.5. The monoisotopic (exact) mass is 339 g/mol.